The fraction of sp³-hybridized carbons (Fsp3) is 0.263. The van der Waals surface area contributed by atoms with E-state index < -0.39 is 0 Å². The summed E-state index contributed by atoms with van der Waals surface area (Å²) in [6.45, 7) is 5.11. The van der Waals surface area contributed by atoms with Gasteiger partial charge in [0.05, 0.1) is 21.8 Å². The Morgan fingerprint density at radius 2 is 2.04 bits per heavy atom. The summed E-state index contributed by atoms with van der Waals surface area (Å²) in [5.74, 6) is -0.253. The van der Waals surface area contributed by atoms with Gasteiger partial charge in [0, 0.05) is 19.2 Å². The second-order valence-electron chi connectivity index (χ2n) is 5.83. The number of benzene rings is 2. The molecule has 0 radical (unpaired) electrons. The number of carbonyl (C=O) groups excluding carboxylic acids is 1. The number of thiazole rings is 1. The maximum Gasteiger partial charge on any atom is 0.279 e. The van der Waals surface area contributed by atoms with Crippen LogP contribution in [0.5, 0.6) is 0 Å². The third kappa shape index (κ3) is 3.68. The number of halogens is 1. The molecule has 4 nitrogen and oxygen atoms in total. The molecule has 25 heavy (non-hydrogen) atoms. The molecule has 6 heteroatoms. The molecule has 130 valence electrons. The Labute approximate surface area is 155 Å². The molecule has 0 bridgehead atoms. The molecule has 1 aromatic heterocycles. The lowest BCUT2D eigenvalue weighted by Crippen LogP contribution is -2.19. The Morgan fingerprint density at radius 1 is 1.24 bits per heavy atom. The molecule has 3 rings (SSSR count). The minimum Gasteiger partial charge on any atom is -0.383 e. The zero-order chi connectivity index (χ0) is 18.0. The van der Waals surface area contributed by atoms with E-state index in [0.29, 0.717) is 28.5 Å². The number of nitrogens with zero attached hydrogens (tertiary/aromatic N) is 2. The fourth-order valence-corrected chi connectivity index (χ4v) is 4.00. The average Bonchev–Trinajstić information content (AvgIpc) is 2.93. The lowest BCUT2D eigenvalue weighted by Gasteiger charge is -2.05. The van der Waals surface area contributed by atoms with Crippen LogP contribution in [0.1, 0.15) is 21.5 Å². The van der Waals surface area contributed by atoms with Crippen molar-refractivity contribution in [2.75, 3.05) is 13.7 Å². The van der Waals surface area contributed by atoms with Crippen molar-refractivity contribution in [2.45, 2.75) is 20.4 Å². The lowest BCUT2D eigenvalue weighted by atomic mass is 10.1. The molecule has 0 fully saturated rings. The van der Waals surface area contributed by atoms with Crippen LogP contribution < -0.4 is 4.80 Å². The van der Waals surface area contributed by atoms with Crippen LogP contribution >= 0.6 is 22.9 Å². The first-order chi connectivity index (χ1) is 12.0. The van der Waals surface area contributed by atoms with Gasteiger partial charge in [-0.2, -0.15) is 4.99 Å². The highest BCUT2D eigenvalue weighted by Crippen LogP contribution is 2.25. The number of hydrogen-bond acceptors (Lipinski definition) is 3. The fourth-order valence-electron chi connectivity index (χ4n) is 2.59. The van der Waals surface area contributed by atoms with Crippen LogP contribution in [0.15, 0.2) is 41.4 Å². The van der Waals surface area contributed by atoms with E-state index >= 15 is 0 Å². The molecule has 2 aromatic carbocycles. The number of para-hydroxylation sites is 1. The molecule has 0 aliphatic carbocycles. The summed E-state index contributed by atoms with van der Waals surface area (Å²) in [4.78, 5) is 17.6. The van der Waals surface area contributed by atoms with Gasteiger partial charge in [0.25, 0.3) is 5.91 Å². The molecule has 1 heterocycles. The van der Waals surface area contributed by atoms with Crippen LogP contribution in [0.2, 0.25) is 5.02 Å². The minimum absolute atomic E-state index is 0.253. The normalized spacial score (nSPS) is 12.1. The van der Waals surface area contributed by atoms with Crippen LogP contribution in [0.25, 0.3) is 10.2 Å². The van der Waals surface area contributed by atoms with Crippen molar-refractivity contribution < 1.29 is 9.53 Å². The Kier molecular flexibility index (Phi) is 5.37. The van der Waals surface area contributed by atoms with Crippen LogP contribution in [0.3, 0.4) is 0 Å². The SMILES string of the molecule is COCCn1c(=NC(=O)c2ccc(C)c(C)c2)sc2cccc(Cl)c21. The number of aryl methyl sites for hydroxylation is 2. The predicted octanol–water partition coefficient (Wildman–Crippen LogP) is 4.36. The lowest BCUT2D eigenvalue weighted by molar-refractivity contribution is 0.0997. The summed E-state index contributed by atoms with van der Waals surface area (Å²) in [6.07, 6.45) is 0. The third-order valence-corrected chi connectivity index (χ3v) is 5.47. The summed E-state index contributed by atoms with van der Waals surface area (Å²) in [5, 5.41) is 0.643. The van der Waals surface area contributed by atoms with Crippen molar-refractivity contribution in [2.24, 2.45) is 4.99 Å². The highest BCUT2D eigenvalue weighted by molar-refractivity contribution is 7.16. The van der Waals surface area contributed by atoms with Crippen molar-refractivity contribution in [3.8, 4) is 0 Å². The zero-order valence-corrected chi connectivity index (χ0v) is 15.9. The number of methoxy groups -OCH3 is 1. The van der Waals surface area contributed by atoms with Gasteiger partial charge in [-0.05, 0) is 49.2 Å². The van der Waals surface area contributed by atoms with E-state index in [1.54, 1.807) is 7.11 Å². The second-order valence-corrected chi connectivity index (χ2v) is 7.25. The molecule has 0 aliphatic rings. The largest absolute Gasteiger partial charge is 0.383 e. The van der Waals surface area contributed by atoms with Crippen molar-refractivity contribution in [3.63, 3.8) is 0 Å². The summed E-state index contributed by atoms with van der Waals surface area (Å²) in [7, 11) is 1.65. The van der Waals surface area contributed by atoms with Gasteiger partial charge in [0.2, 0.25) is 0 Å². The van der Waals surface area contributed by atoms with E-state index in [2.05, 4.69) is 4.99 Å². The standard InChI is InChI=1S/C19H19ClN2O2S/c1-12-7-8-14(11-13(12)2)18(23)21-19-22(9-10-24-3)17-15(20)5-4-6-16(17)25-19/h4-8,11H,9-10H2,1-3H3. The first-order valence-electron chi connectivity index (χ1n) is 7.94. The Bertz CT molecular complexity index is 1000. The quantitative estimate of drug-likeness (QED) is 0.681. The second kappa shape index (κ2) is 7.52. The summed E-state index contributed by atoms with van der Waals surface area (Å²) in [6, 6.07) is 11.4. The summed E-state index contributed by atoms with van der Waals surface area (Å²) in [5.41, 5.74) is 3.70. The Hall–Kier alpha value is -1.95. The molecule has 1 amide bonds. The van der Waals surface area contributed by atoms with Crippen LogP contribution in [-0.2, 0) is 11.3 Å². The highest BCUT2D eigenvalue weighted by Gasteiger charge is 2.12. The van der Waals surface area contributed by atoms with Gasteiger partial charge in [-0.1, -0.05) is 35.1 Å². The van der Waals surface area contributed by atoms with E-state index in [4.69, 9.17) is 16.3 Å². The Morgan fingerprint density at radius 3 is 2.76 bits per heavy atom. The third-order valence-electron chi connectivity index (χ3n) is 4.12. The van der Waals surface area contributed by atoms with Crippen molar-refractivity contribution >= 4 is 39.1 Å². The smallest absolute Gasteiger partial charge is 0.279 e. The van der Waals surface area contributed by atoms with Crippen molar-refractivity contribution in [1.29, 1.82) is 0 Å². The van der Waals surface area contributed by atoms with Crippen molar-refractivity contribution in [3.05, 3.63) is 62.9 Å². The molecule has 0 unspecified atom stereocenters. The summed E-state index contributed by atoms with van der Waals surface area (Å²) >= 11 is 7.82. The van der Waals surface area contributed by atoms with Gasteiger partial charge in [-0.15, -0.1) is 0 Å². The van der Waals surface area contributed by atoms with Crippen LogP contribution in [-0.4, -0.2) is 24.2 Å². The maximum atomic E-state index is 12.6. The van der Waals surface area contributed by atoms with Gasteiger partial charge in [-0.3, -0.25) is 4.79 Å². The number of aromatic nitrogens is 1. The van der Waals surface area contributed by atoms with E-state index in [9.17, 15) is 4.79 Å². The predicted molar refractivity (Wildman–Crippen MR) is 103 cm³/mol. The topological polar surface area (TPSA) is 43.6 Å². The van der Waals surface area contributed by atoms with Gasteiger partial charge in [0.1, 0.15) is 0 Å². The van der Waals surface area contributed by atoms with Crippen LogP contribution in [0.4, 0.5) is 0 Å². The van der Waals surface area contributed by atoms with E-state index in [0.717, 1.165) is 21.3 Å². The van der Waals surface area contributed by atoms with Crippen LogP contribution in [0, 0.1) is 13.8 Å². The maximum absolute atomic E-state index is 12.6. The van der Waals surface area contributed by atoms with Gasteiger partial charge in [0.15, 0.2) is 4.80 Å². The molecular weight excluding hydrogens is 356 g/mol. The zero-order valence-electron chi connectivity index (χ0n) is 14.4. The number of rotatable bonds is 4. The number of carbonyl (C=O) groups is 1. The Balaban J connectivity index is 2.12. The van der Waals surface area contributed by atoms with E-state index in [-0.39, 0.29) is 5.91 Å². The first kappa shape index (κ1) is 17.9. The average molecular weight is 375 g/mol. The minimum atomic E-state index is -0.253. The molecule has 0 N–H and O–H groups in total. The monoisotopic (exact) mass is 374 g/mol. The number of amides is 1. The van der Waals surface area contributed by atoms with Gasteiger partial charge >= 0.3 is 0 Å². The molecular formula is C19H19ClN2O2S. The van der Waals surface area contributed by atoms with Gasteiger partial charge < -0.3 is 9.30 Å². The molecule has 0 spiro atoms. The first-order valence-corrected chi connectivity index (χ1v) is 9.14. The molecule has 0 aliphatic heterocycles. The van der Waals surface area contributed by atoms with Crippen molar-refractivity contribution in [1.82, 2.24) is 4.57 Å². The molecule has 0 saturated carbocycles. The van der Waals surface area contributed by atoms with E-state index in [1.165, 1.54) is 11.3 Å². The van der Waals surface area contributed by atoms with Gasteiger partial charge in [-0.25, -0.2) is 0 Å². The number of ether oxygens (including phenoxy) is 1. The molecule has 0 saturated heterocycles. The number of hydrogen-bond donors (Lipinski definition) is 0. The summed E-state index contributed by atoms with van der Waals surface area (Å²) < 4.78 is 8.14. The molecule has 3 aromatic rings. The number of fused-ring (bicyclic) bond motifs is 1. The highest BCUT2D eigenvalue weighted by atomic mass is 35.5. The van der Waals surface area contributed by atoms with E-state index in [1.807, 2.05) is 54.8 Å². The molecule has 0 atom stereocenters.